The molecule has 0 rings (SSSR count). The van der Waals surface area contributed by atoms with E-state index >= 15 is 0 Å². The fraction of sp³-hybridized carbons (Fsp3) is 0.868. The van der Waals surface area contributed by atoms with Crippen LogP contribution in [-0.4, -0.2) is 75.5 Å². The van der Waals surface area contributed by atoms with Gasteiger partial charge in [-0.1, -0.05) is 212 Å². The molecule has 0 radical (unpaired) electrons. The predicted octanol–water partition coefficient (Wildman–Crippen LogP) is 13.5. The van der Waals surface area contributed by atoms with E-state index in [9.17, 15) is 19.5 Å². The second-order valence-corrected chi connectivity index (χ2v) is 18.8. The van der Waals surface area contributed by atoms with Crippen LogP contribution in [0.15, 0.2) is 24.3 Å². The Kier molecular flexibility index (Phi) is 42.8. The molecule has 61 heavy (non-hydrogen) atoms. The number of esters is 2. The Morgan fingerprint density at radius 2 is 0.852 bits per heavy atom. The van der Waals surface area contributed by atoms with Gasteiger partial charge in [-0.05, 0) is 38.5 Å². The van der Waals surface area contributed by atoms with E-state index in [1.54, 1.807) is 21.1 Å². The average molecular weight is 862 g/mol. The Balaban J connectivity index is 4.23. The molecule has 0 heterocycles. The van der Waals surface area contributed by atoms with Crippen LogP contribution in [0.4, 0.5) is 0 Å². The number of carbonyl (C=O) groups is 3. The zero-order valence-electron chi connectivity index (χ0n) is 40.8. The van der Waals surface area contributed by atoms with Gasteiger partial charge in [0.25, 0.3) is 0 Å². The largest absolute Gasteiger partial charge is 0.544 e. The molecule has 0 N–H and O–H groups in total. The first-order valence-electron chi connectivity index (χ1n) is 25.9. The number of nitrogens with zero attached hydrogens (tertiary/aromatic N) is 1. The van der Waals surface area contributed by atoms with Crippen molar-refractivity contribution in [3.05, 3.63) is 24.3 Å². The predicted molar refractivity (Wildman–Crippen MR) is 254 cm³/mol. The zero-order valence-corrected chi connectivity index (χ0v) is 40.8. The van der Waals surface area contributed by atoms with Crippen molar-refractivity contribution < 1.29 is 38.2 Å². The van der Waals surface area contributed by atoms with Crippen molar-refractivity contribution in [2.24, 2.45) is 0 Å². The zero-order chi connectivity index (χ0) is 44.9. The van der Waals surface area contributed by atoms with Crippen LogP contribution in [0.25, 0.3) is 0 Å². The van der Waals surface area contributed by atoms with E-state index in [1.807, 2.05) is 0 Å². The molecule has 0 aliphatic carbocycles. The maximum atomic E-state index is 12.8. The molecule has 0 aliphatic heterocycles. The molecular formula is C53H99NO7. The van der Waals surface area contributed by atoms with Gasteiger partial charge in [0.2, 0.25) is 0 Å². The Labute approximate surface area is 377 Å². The van der Waals surface area contributed by atoms with Crippen molar-refractivity contribution in [3.63, 3.8) is 0 Å². The number of allylic oxidation sites excluding steroid dienone is 4. The summed E-state index contributed by atoms with van der Waals surface area (Å²) in [5.74, 6) is -1.75. The van der Waals surface area contributed by atoms with Gasteiger partial charge in [-0.2, -0.15) is 0 Å². The van der Waals surface area contributed by atoms with Gasteiger partial charge < -0.3 is 28.6 Å². The molecular weight excluding hydrogens is 763 g/mol. The molecule has 8 heteroatoms. The number of aliphatic carboxylic acids is 1. The van der Waals surface area contributed by atoms with Gasteiger partial charge in [0, 0.05) is 19.3 Å². The van der Waals surface area contributed by atoms with Gasteiger partial charge in [0.15, 0.2) is 6.10 Å². The number of quaternary nitrogens is 1. The standard InChI is InChI=1S/C53H99NO7/c1-6-8-10-12-14-16-18-20-22-24-25-26-27-28-30-32-34-36-38-40-42-44-52(56)61-49(47-59-46-45-50(53(57)58)54(3,4)5)48-60-51(55)43-41-39-37-35-33-31-29-23-21-19-17-15-13-11-9-7-2/h23,29,31,33,49-50H,6-22,24-28,30,32,34-48H2,1-5H3/b29-23+,33-31+. The fourth-order valence-corrected chi connectivity index (χ4v) is 7.83. The van der Waals surface area contributed by atoms with Crippen LogP contribution in [0, 0.1) is 0 Å². The van der Waals surface area contributed by atoms with E-state index in [1.165, 1.54) is 161 Å². The summed E-state index contributed by atoms with van der Waals surface area (Å²) in [5, 5.41) is 11.7. The highest BCUT2D eigenvalue weighted by molar-refractivity contribution is 5.70. The lowest BCUT2D eigenvalue weighted by Crippen LogP contribution is -2.55. The van der Waals surface area contributed by atoms with Crippen LogP contribution < -0.4 is 5.11 Å². The van der Waals surface area contributed by atoms with Gasteiger partial charge in [-0.25, -0.2) is 0 Å². The molecule has 2 unspecified atom stereocenters. The van der Waals surface area contributed by atoms with E-state index in [-0.39, 0.29) is 42.7 Å². The van der Waals surface area contributed by atoms with Gasteiger partial charge in [0.05, 0.1) is 40.3 Å². The van der Waals surface area contributed by atoms with Crippen molar-refractivity contribution in [2.75, 3.05) is 41.0 Å². The lowest BCUT2D eigenvalue weighted by Gasteiger charge is -2.34. The van der Waals surface area contributed by atoms with Gasteiger partial charge in [0.1, 0.15) is 12.6 Å². The molecule has 0 aromatic carbocycles. The van der Waals surface area contributed by atoms with Crippen LogP contribution >= 0.6 is 0 Å². The number of hydrogen-bond acceptors (Lipinski definition) is 7. The number of rotatable bonds is 47. The minimum absolute atomic E-state index is 0.0368. The lowest BCUT2D eigenvalue weighted by molar-refractivity contribution is -0.889. The maximum absolute atomic E-state index is 12.8. The Morgan fingerprint density at radius 3 is 1.25 bits per heavy atom. The summed E-state index contributed by atoms with van der Waals surface area (Å²) in [5.41, 5.74) is 0. The fourth-order valence-electron chi connectivity index (χ4n) is 7.83. The van der Waals surface area contributed by atoms with E-state index in [0.717, 1.165) is 51.4 Å². The summed E-state index contributed by atoms with van der Waals surface area (Å²) < 4.78 is 17.2. The van der Waals surface area contributed by atoms with E-state index in [2.05, 4.69) is 38.2 Å². The highest BCUT2D eigenvalue weighted by atomic mass is 16.6. The average Bonchev–Trinajstić information content (AvgIpc) is 3.22. The SMILES string of the molecule is CCCCCCCCC/C=C/C=C/CCCCCC(=O)OCC(COCCC(C(=O)[O-])[N+](C)(C)C)OC(=O)CCCCCCCCCCCCCCCCCCCCCCC. The van der Waals surface area contributed by atoms with Crippen molar-refractivity contribution >= 4 is 17.9 Å². The monoisotopic (exact) mass is 862 g/mol. The molecule has 8 nitrogen and oxygen atoms in total. The molecule has 0 aliphatic rings. The van der Waals surface area contributed by atoms with Crippen LogP contribution in [-0.2, 0) is 28.6 Å². The summed E-state index contributed by atoms with van der Waals surface area (Å²) in [7, 11) is 5.42. The molecule has 0 amide bonds. The normalized spacial score (nSPS) is 13.0. The van der Waals surface area contributed by atoms with Crippen LogP contribution in [0.1, 0.15) is 245 Å². The summed E-state index contributed by atoms with van der Waals surface area (Å²) in [6.07, 6.45) is 50.7. The molecule has 358 valence electrons. The molecule has 0 aromatic heterocycles. The number of carboxylic acid groups (broad SMARTS) is 1. The molecule has 0 spiro atoms. The number of carboxylic acids is 1. The molecule has 0 bridgehead atoms. The smallest absolute Gasteiger partial charge is 0.306 e. The molecule has 0 saturated heterocycles. The van der Waals surface area contributed by atoms with Crippen molar-refractivity contribution in [3.8, 4) is 0 Å². The topological polar surface area (TPSA) is 102 Å². The summed E-state index contributed by atoms with van der Waals surface area (Å²) >= 11 is 0. The summed E-state index contributed by atoms with van der Waals surface area (Å²) in [6, 6.07) is -0.727. The lowest BCUT2D eigenvalue weighted by atomic mass is 10.0. The Hall–Kier alpha value is -2.19. The van der Waals surface area contributed by atoms with Gasteiger partial charge in [-0.3, -0.25) is 9.59 Å². The number of unbranched alkanes of at least 4 members (excludes halogenated alkanes) is 30. The van der Waals surface area contributed by atoms with Crippen molar-refractivity contribution in [1.82, 2.24) is 0 Å². The highest BCUT2D eigenvalue weighted by Crippen LogP contribution is 2.16. The highest BCUT2D eigenvalue weighted by Gasteiger charge is 2.25. The first-order valence-corrected chi connectivity index (χ1v) is 25.9. The number of hydrogen-bond donors (Lipinski definition) is 0. The van der Waals surface area contributed by atoms with Crippen LogP contribution in [0.5, 0.6) is 0 Å². The molecule has 0 aromatic rings. The van der Waals surface area contributed by atoms with E-state index in [4.69, 9.17) is 14.2 Å². The summed E-state index contributed by atoms with van der Waals surface area (Å²) in [4.78, 5) is 37.0. The Bertz CT molecular complexity index is 1050. The van der Waals surface area contributed by atoms with Crippen molar-refractivity contribution in [2.45, 2.75) is 257 Å². The number of likely N-dealkylation sites (N-methyl/N-ethyl adjacent to an activating group) is 1. The summed E-state index contributed by atoms with van der Waals surface area (Å²) in [6.45, 7) is 4.67. The quantitative estimate of drug-likeness (QED) is 0.0260. The molecule has 2 atom stereocenters. The minimum Gasteiger partial charge on any atom is -0.544 e. The maximum Gasteiger partial charge on any atom is 0.306 e. The molecule has 0 fully saturated rings. The molecule has 0 saturated carbocycles. The number of carbonyl (C=O) groups excluding carboxylic acids is 3. The second-order valence-electron chi connectivity index (χ2n) is 18.8. The van der Waals surface area contributed by atoms with Gasteiger partial charge >= 0.3 is 11.9 Å². The van der Waals surface area contributed by atoms with Crippen LogP contribution in [0.3, 0.4) is 0 Å². The number of ether oxygens (including phenoxy) is 3. The third kappa shape index (κ3) is 42.9. The first kappa shape index (κ1) is 58.8. The Morgan fingerprint density at radius 1 is 0.492 bits per heavy atom. The van der Waals surface area contributed by atoms with Crippen molar-refractivity contribution in [1.29, 1.82) is 0 Å². The van der Waals surface area contributed by atoms with Crippen LogP contribution in [0.2, 0.25) is 0 Å². The van der Waals surface area contributed by atoms with E-state index < -0.39 is 18.1 Å². The third-order valence-corrected chi connectivity index (χ3v) is 11.9. The van der Waals surface area contributed by atoms with E-state index in [0.29, 0.717) is 12.8 Å². The minimum atomic E-state index is -1.13. The first-order chi connectivity index (χ1) is 29.6. The third-order valence-electron chi connectivity index (χ3n) is 11.9. The van der Waals surface area contributed by atoms with Gasteiger partial charge in [-0.15, -0.1) is 0 Å². The second kappa shape index (κ2) is 44.4.